The molecular weight excluding hydrogens is 457 g/mol. The second-order valence-corrected chi connectivity index (χ2v) is 15.3. The van der Waals surface area contributed by atoms with Gasteiger partial charge in [0.25, 0.3) is 0 Å². The Morgan fingerprint density at radius 3 is 1.30 bits per heavy atom. The van der Waals surface area contributed by atoms with Gasteiger partial charge in [0.15, 0.2) is 0 Å². The maximum atomic E-state index is 2.49. The first-order valence-corrected chi connectivity index (χ1v) is 15.3. The Bertz CT molecular complexity index is 1070. The van der Waals surface area contributed by atoms with Crippen molar-refractivity contribution in [2.24, 2.45) is 0 Å². The third-order valence-corrected chi connectivity index (χ3v) is 9.74. The second kappa shape index (κ2) is 11.6. The van der Waals surface area contributed by atoms with E-state index in [1.165, 1.54) is 49.8 Å². The van der Waals surface area contributed by atoms with Crippen molar-refractivity contribution >= 4 is 15.4 Å². The zero-order valence-corrected chi connectivity index (χ0v) is 24.0. The van der Waals surface area contributed by atoms with Crippen LogP contribution < -0.4 is 0 Å². The Kier molecular flexibility index (Phi) is 9.04. The van der Waals surface area contributed by atoms with Gasteiger partial charge in [-0.2, -0.15) is 0 Å². The quantitative estimate of drug-likeness (QED) is 0.260. The summed E-state index contributed by atoms with van der Waals surface area (Å²) in [5.74, 6) is 0. The molecule has 0 atom stereocenters. The summed E-state index contributed by atoms with van der Waals surface area (Å²) in [6.07, 6.45) is 5.36. The van der Waals surface area contributed by atoms with Crippen molar-refractivity contribution in [3.05, 3.63) is 105 Å². The van der Waals surface area contributed by atoms with Gasteiger partial charge < -0.3 is 0 Å². The van der Waals surface area contributed by atoms with Crippen LogP contribution in [0.4, 0.5) is 0 Å². The van der Waals surface area contributed by atoms with Gasteiger partial charge in [-0.25, -0.2) is 0 Å². The first-order valence-electron chi connectivity index (χ1n) is 12.7. The number of aryl methyl sites for hydroxylation is 4. The Morgan fingerprint density at radius 1 is 0.515 bits per heavy atom. The van der Waals surface area contributed by atoms with Gasteiger partial charge in [-0.1, -0.05) is 13.0 Å². The van der Waals surface area contributed by atoms with Crippen molar-refractivity contribution < 1.29 is 0 Å². The van der Waals surface area contributed by atoms with E-state index < -0.39 is 0 Å². The van der Waals surface area contributed by atoms with Gasteiger partial charge in [-0.15, -0.1) is 0 Å². The number of benzene rings is 3. The molecule has 1 heteroatoms. The molecule has 2 radical (unpaired) electrons. The Labute approximate surface area is 209 Å². The summed E-state index contributed by atoms with van der Waals surface area (Å²) in [4.78, 5) is 0. The van der Waals surface area contributed by atoms with E-state index in [9.17, 15) is 0 Å². The fraction of sp³-hybridized carbons (Fsp3) is 0.438. The molecule has 0 nitrogen and oxygen atoms in total. The van der Waals surface area contributed by atoms with Crippen molar-refractivity contribution in [3.8, 4) is 0 Å². The molecule has 0 N–H and O–H groups in total. The van der Waals surface area contributed by atoms with E-state index in [-0.39, 0.29) is 15.4 Å². The van der Waals surface area contributed by atoms with E-state index in [1.54, 1.807) is 5.56 Å². The summed E-state index contributed by atoms with van der Waals surface area (Å²) in [5, 5.41) is 1.29. The zero-order valence-electron chi connectivity index (χ0n) is 21.9. The SMILES string of the molecule is CCc1cc(C)cc(Cc2cc(CC)cc(Cc3cc(CC)cc([CH2][Ge][C](C)(C)C)c3)c2)c1. The van der Waals surface area contributed by atoms with Crippen molar-refractivity contribution in [1.82, 2.24) is 0 Å². The maximum absolute atomic E-state index is 2.49. The van der Waals surface area contributed by atoms with Crippen LogP contribution in [-0.4, -0.2) is 15.4 Å². The first-order chi connectivity index (χ1) is 15.7. The molecule has 0 spiro atoms. The molecule has 0 saturated heterocycles. The molecule has 0 unspecified atom stereocenters. The van der Waals surface area contributed by atoms with Crippen molar-refractivity contribution in [2.45, 2.75) is 90.1 Å². The van der Waals surface area contributed by atoms with E-state index in [4.69, 9.17) is 0 Å². The van der Waals surface area contributed by atoms with Crippen molar-refractivity contribution in [3.63, 3.8) is 0 Å². The van der Waals surface area contributed by atoms with Gasteiger partial charge in [-0.05, 0) is 13.3 Å². The number of hydrogen-bond donors (Lipinski definition) is 0. The fourth-order valence-corrected chi connectivity index (χ4v) is 6.56. The van der Waals surface area contributed by atoms with E-state index in [0.29, 0.717) is 4.25 Å². The summed E-state index contributed by atoms with van der Waals surface area (Å²) < 4.78 is 0.500. The van der Waals surface area contributed by atoms with Gasteiger partial charge in [0, 0.05) is 0 Å². The second-order valence-electron chi connectivity index (χ2n) is 10.7. The average molecular weight is 499 g/mol. The normalized spacial score (nSPS) is 11.7. The molecule has 0 bridgehead atoms. The molecular formula is C32H42Ge. The fourth-order valence-electron chi connectivity index (χ4n) is 4.59. The average Bonchev–Trinajstić information content (AvgIpc) is 2.76. The van der Waals surface area contributed by atoms with E-state index in [2.05, 4.69) is 103 Å². The molecule has 0 aliphatic heterocycles. The van der Waals surface area contributed by atoms with Crippen LogP contribution in [0.5, 0.6) is 0 Å². The van der Waals surface area contributed by atoms with Crippen LogP contribution in [0.25, 0.3) is 0 Å². The molecule has 33 heavy (non-hydrogen) atoms. The van der Waals surface area contributed by atoms with Gasteiger partial charge in [0.1, 0.15) is 0 Å². The molecule has 0 aliphatic rings. The molecule has 0 amide bonds. The van der Waals surface area contributed by atoms with Gasteiger partial charge in [0.05, 0.1) is 0 Å². The van der Waals surface area contributed by atoms with E-state index in [1.807, 2.05) is 0 Å². The minimum atomic E-state index is 0.0167. The molecule has 0 aromatic heterocycles. The van der Waals surface area contributed by atoms with Crippen molar-refractivity contribution in [2.75, 3.05) is 0 Å². The number of hydrogen-bond acceptors (Lipinski definition) is 0. The Balaban J connectivity index is 1.87. The summed E-state index contributed by atoms with van der Waals surface area (Å²) in [6.45, 7) is 16.2. The predicted octanol–water partition coefficient (Wildman–Crippen LogP) is 8.29. The first kappa shape index (κ1) is 25.8. The van der Waals surface area contributed by atoms with Crippen LogP contribution in [-0.2, 0) is 37.4 Å². The Hall–Kier alpha value is -1.80. The molecule has 0 fully saturated rings. The number of rotatable bonds is 9. The summed E-state index contributed by atoms with van der Waals surface area (Å²) in [6, 6.07) is 21.7. The van der Waals surface area contributed by atoms with Crippen LogP contribution >= 0.6 is 0 Å². The van der Waals surface area contributed by atoms with Crippen molar-refractivity contribution in [1.29, 1.82) is 0 Å². The molecule has 174 valence electrons. The van der Waals surface area contributed by atoms with Crippen LogP contribution in [0, 0.1) is 6.92 Å². The molecule has 0 heterocycles. The van der Waals surface area contributed by atoms with Crippen LogP contribution in [0.2, 0.25) is 4.25 Å². The third-order valence-electron chi connectivity index (χ3n) is 6.29. The zero-order chi connectivity index (χ0) is 24.0. The predicted molar refractivity (Wildman–Crippen MR) is 147 cm³/mol. The topological polar surface area (TPSA) is 0 Å². The van der Waals surface area contributed by atoms with Crippen LogP contribution in [0.3, 0.4) is 0 Å². The van der Waals surface area contributed by atoms with E-state index >= 15 is 0 Å². The monoisotopic (exact) mass is 500 g/mol. The molecule has 3 rings (SSSR count). The molecule has 3 aromatic carbocycles. The van der Waals surface area contributed by atoms with Crippen LogP contribution in [0.1, 0.15) is 91.6 Å². The standard InChI is InChI=1S/C32H42Ge/c1-8-24-11-23(4)12-27(13-24)18-28-14-25(9-2)15-29(19-28)20-30-16-26(10-3)17-31(21-30)22-33-32(5,6)7/h11-17,19,21H,8-10,18,20,22H2,1-7H3. The third kappa shape index (κ3) is 8.18. The van der Waals surface area contributed by atoms with Gasteiger partial charge in [-0.3, -0.25) is 0 Å². The van der Waals surface area contributed by atoms with Crippen LogP contribution in [0.15, 0.2) is 54.6 Å². The molecule has 0 saturated carbocycles. The molecule has 3 aromatic rings. The Morgan fingerprint density at radius 2 is 0.848 bits per heavy atom. The summed E-state index contributed by atoms with van der Waals surface area (Å²) >= 11 is 0.0167. The van der Waals surface area contributed by atoms with Gasteiger partial charge >= 0.3 is 184 Å². The minimum absolute atomic E-state index is 0.0167. The summed E-state index contributed by atoms with van der Waals surface area (Å²) in [5.41, 5.74) is 13.1. The van der Waals surface area contributed by atoms with Gasteiger partial charge in [0.2, 0.25) is 0 Å². The van der Waals surface area contributed by atoms with E-state index in [0.717, 1.165) is 32.1 Å². The summed E-state index contributed by atoms with van der Waals surface area (Å²) in [7, 11) is 0. The molecule has 0 aliphatic carbocycles.